The Morgan fingerprint density at radius 3 is 2.84 bits per heavy atom. The summed E-state index contributed by atoms with van der Waals surface area (Å²) in [5.41, 5.74) is 2.54. The number of anilines is 1. The van der Waals surface area contributed by atoms with Crippen molar-refractivity contribution in [3.8, 4) is 0 Å². The first kappa shape index (κ1) is 14.3. The molecule has 0 aromatic carbocycles. The van der Waals surface area contributed by atoms with Gasteiger partial charge in [-0.15, -0.1) is 0 Å². The lowest BCUT2D eigenvalue weighted by molar-refractivity contribution is 0.335. The van der Waals surface area contributed by atoms with Gasteiger partial charge in [0.05, 0.1) is 0 Å². The van der Waals surface area contributed by atoms with Crippen molar-refractivity contribution in [1.29, 1.82) is 0 Å². The van der Waals surface area contributed by atoms with Crippen LogP contribution < -0.4 is 10.2 Å². The Balaban J connectivity index is 2.12. The van der Waals surface area contributed by atoms with Crippen LogP contribution in [0.4, 0.5) is 5.82 Å². The first-order valence-corrected chi connectivity index (χ1v) is 7.44. The van der Waals surface area contributed by atoms with E-state index >= 15 is 0 Å². The normalized spacial score (nSPS) is 23.4. The summed E-state index contributed by atoms with van der Waals surface area (Å²) in [6, 6.07) is 2.91. The van der Waals surface area contributed by atoms with Gasteiger partial charge in [-0.2, -0.15) is 0 Å². The molecule has 1 aliphatic carbocycles. The lowest BCUT2D eigenvalue weighted by atomic mass is 9.86. The number of hydrogen-bond acceptors (Lipinski definition) is 3. The second-order valence-corrected chi connectivity index (χ2v) is 6.05. The van der Waals surface area contributed by atoms with Crippen LogP contribution in [0.1, 0.15) is 43.7 Å². The Morgan fingerprint density at radius 1 is 1.42 bits per heavy atom. The van der Waals surface area contributed by atoms with Gasteiger partial charge in [-0.1, -0.05) is 19.8 Å². The number of nitrogens with zero attached hydrogens (tertiary/aromatic N) is 2. The molecule has 1 aromatic heterocycles. The number of rotatable bonds is 4. The van der Waals surface area contributed by atoms with E-state index in [0.29, 0.717) is 6.04 Å². The predicted molar refractivity (Wildman–Crippen MR) is 81.6 cm³/mol. The fourth-order valence-electron chi connectivity index (χ4n) is 3.22. The summed E-state index contributed by atoms with van der Waals surface area (Å²) in [7, 11) is 4.18. The highest BCUT2D eigenvalue weighted by molar-refractivity contribution is 5.47. The van der Waals surface area contributed by atoms with Crippen LogP contribution in [-0.2, 0) is 6.54 Å². The Hall–Kier alpha value is -1.09. The van der Waals surface area contributed by atoms with Crippen LogP contribution >= 0.6 is 0 Å². The molecule has 0 amide bonds. The maximum Gasteiger partial charge on any atom is 0.131 e. The molecule has 1 heterocycles. The molecule has 0 aliphatic heterocycles. The van der Waals surface area contributed by atoms with E-state index in [2.05, 4.69) is 42.2 Å². The fraction of sp³-hybridized carbons (Fsp3) is 0.688. The van der Waals surface area contributed by atoms with E-state index in [1.807, 2.05) is 13.2 Å². The summed E-state index contributed by atoms with van der Waals surface area (Å²) in [5, 5.41) is 3.18. The average Bonchev–Trinajstić information content (AvgIpc) is 2.38. The molecule has 3 heteroatoms. The van der Waals surface area contributed by atoms with Gasteiger partial charge in [0.25, 0.3) is 0 Å². The summed E-state index contributed by atoms with van der Waals surface area (Å²) in [6.07, 6.45) is 7.35. The van der Waals surface area contributed by atoms with Crippen molar-refractivity contribution in [3.63, 3.8) is 0 Å². The molecular weight excluding hydrogens is 234 g/mol. The molecule has 2 rings (SSSR count). The van der Waals surface area contributed by atoms with E-state index in [4.69, 9.17) is 0 Å². The monoisotopic (exact) mass is 261 g/mol. The van der Waals surface area contributed by atoms with Gasteiger partial charge in [-0.05, 0) is 49.9 Å². The molecule has 1 N–H and O–H groups in total. The standard InChI is InChI=1S/C16H27N3/c1-12-6-5-7-15(8-12)19(4)16-13(2)9-14(10-17-3)11-18-16/h9,11-12,15,17H,5-8,10H2,1-4H3. The highest BCUT2D eigenvalue weighted by Gasteiger charge is 2.23. The number of aryl methyl sites for hydroxylation is 1. The van der Waals surface area contributed by atoms with Crippen LogP contribution in [0.3, 0.4) is 0 Å². The van der Waals surface area contributed by atoms with Gasteiger partial charge in [-0.25, -0.2) is 4.98 Å². The quantitative estimate of drug-likeness (QED) is 0.902. The summed E-state index contributed by atoms with van der Waals surface area (Å²) in [5.74, 6) is 2.00. The van der Waals surface area contributed by atoms with E-state index in [-0.39, 0.29) is 0 Å². The number of hydrogen-bond donors (Lipinski definition) is 1. The molecule has 0 saturated heterocycles. The van der Waals surface area contributed by atoms with Crippen LogP contribution in [0.5, 0.6) is 0 Å². The molecule has 0 radical (unpaired) electrons. The van der Waals surface area contributed by atoms with Crippen LogP contribution in [0.2, 0.25) is 0 Å². The molecule has 2 unspecified atom stereocenters. The first-order chi connectivity index (χ1) is 9.11. The maximum absolute atomic E-state index is 4.68. The number of pyridine rings is 1. The SMILES string of the molecule is CNCc1cnc(N(C)C2CCCC(C)C2)c(C)c1. The van der Waals surface area contributed by atoms with Crippen molar-refractivity contribution in [2.45, 2.75) is 52.1 Å². The first-order valence-electron chi connectivity index (χ1n) is 7.44. The zero-order chi connectivity index (χ0) is 13.8. The minimum absolute atomic E-state index is 0.658. The van der Waals surface area contributed by atoms with Crippen molar-refractivity contribution < 1.29 is 0 Å². The van der Waals surface area contributed by atoms with Crippen molar-refractivity contribution in [2.24, 2.45) is 5.92 Å². The predicted octanol–water partition coefficient (Wildman–Crippen LogP) is 3.12. The van der Waals surface area contributed by atoms with Crippen LogP contribution in [0.15, 0.2) is 12.3 Å². The van der Waals surface area contributed by atoms with Gasteiger partial charge in [0, 0.05) is 25.8 Å². The second kappa shape index (κ2) is 6.38. The molecule has 1 aliphatic rings. The van der Waals surface area contributed by atoms with Crippen molar-refractivity contribution in [2.75, 3.05) is 19.0 Å². The zero-order valence-electron chi connectivity index (χ0n) is 12.7. The van der Waals surface area contributed by atoms with Gasteiger partial charge in [0.15, 0.2) is 0 Å². The summed E-state index contributed by atoms with van der Waals surface area (Å²) in [6.45, 7) is 5.43. The molecule has 1 aromatic rings. The maximum atomic E-state index is 4.68. The molecule has 2 atom stereocenters. The summed E-state index contributed by atoms with van der Waals surface area (Å²) < 4.78 is 0. The van der Waals surface area contributed by atoms with Gasteiger partial charge < -0.3 is 10.2 Å². The van der Waals surface area contributed by atoms with Crippen LogP contribution in [0.25, 0.3) is 0 Å². The molecule has 0 spiro atoms. The third-order valence-corrected chi connectivity index (χ3v) is 4.28. The fourth-order valence-corrected chi connectivity index (χ4v) is 3.22. The largest absolute Gasteiger partial charge is 0.356 e. The average molecular weight is 261 g/mol. The lowest BCUT2D eigenvalue weighted by Crippen LogP contribution is -2.36. The minimum Gasteiger partial charge on any atom is -0.356 e. The Bertz CT molecular complexity index is 416. The lowest BCUT2D eigenvalue weighted by Gasteiger charge is -2.35. The van der Waals surface area contributed by atoms with E-state index in [1.165, 1.54) is 36.8 Å². The van der Waals surface area contributed by atoms with Gasteiger partial charge >= 0.3 is 0 Å². The smallest absolute Gasteiger partial charge is 0.131 e. The summed E-state index contributed by atoms with van der Waals surface area (Å²) in [4.78, 5) is 7.08. The Kier molecular flexibility index (Phi) is 4.81. The van der Waals surface area contributed by atoms with Crippen LogP contribution in [0, 0.1) is 12.8 Å². The van der Waals surface area contributed by atoms with Gasteiger partial charge in [0.1, 0.15) is 5.82 Å². The Labute approximate surface area is 117 Å². The van der Waals surface area contributed by atoms with E-state index < -0.39 is 0 Å². The molecule has 0 bridgehead atoms. The van der Waals surface area contributed by atoms with Crippen LogP contribution in [-0.4, -0.2) is 25.1 Å². The molecule has 1 saturated carbocycles. The third-order valence-electron chi connectivity index (χ3n) is 4.28. The van der Waals surface area contributed by atoms with E-state index in [0.717, 1.165) is 18.3 Å². The number of aromatic nitrogens is 1. The van der Waals surface area contributed by atoms with E-state index in [1.54, 1.807) is 0 Å². The Morgan fingerprint density at radius 2 is 2.21 bits per heavy atom. The minimum atomic E-state index is 0.658. The molecule has 1 fully saturated rings. The topological polar surface area (TPSA) is 28.2 Å². The highest BCUT2D eigenvalue weighted by atomic mass is 15.2. The highest BCUT2D eigenvalue weighted by Crippen LogP contribution is 2.30. The number of nitrogens with one attached hydrogen (secondary N) is 1. The molecule has 19 heavy (non-hydrogen) atoms. The molecule has 106 valence electrons. The van der Waals surface area contributed by atoms with Crippen molar-refractivity contribution >= 4 is 5.82 Å². The third kappa shape index (κ3) is 3.47. The zero-order valence-corrected chi connectivity index (χ0v) is 12.7. The molecular formula is C16H27N3. The van der Waals surface area contributed by atoms with Gasteiger partial charge in [0.2, 0.25) is 0 Å². The van der Waals surface area contributed by atoms with Crippen molar-refractivity contribution in [3.05, 3.63) is 23.4 Å². The van der Waals surface area contributed by atoms with E-state index in [9.17, 15) is 0 Å². The summed E-state index contributed by atoms with van der Waals surface area (Å²) >= 11 is 0. The second-order valence-electron chi connectivity index (χ2n) is 6.05. The van der Waals surface area contributed by atoms with Gasteiger partial charge in [-0.3, -0.25) is 0 Å². The van der Waals surface area contributed by atoms with Crippen molar-refractivity contribution in [1.82, 2.24) is 10.3 Å². The molecule has 3 nitrogen and oxygen atoms in total.